The second-order valence-corrected chi connectivity index (χ2v) is 11.9. The number of ether oxygens (including phenoxy) is 2. The van der Waals surface area contributed by atoms with Gasteiger partial charge in [-0.1, -0.05) is 40.7 Å². The molecule has 4 fully saturated rings. The first-order valence-corrected chi connectivity index (χ1v) is 12.2. The van der Waals surface area contributed by atoms with Gasteiger partial charge in [0.05, 0.1) is 30.3 Å². The first-order valence-electron chi connectivity index (χ1n) is 12.2. The standard InChI is InChI=1S/C25H36O9/c1-7-10(2)19(30)33-25-15(21(25,5)6)14-18(29)22(9-26)20(34-22)24(32)13(8-11(3)16(24)27)23(14,31)12(4)17(25)28/h8,10,12-15,17-18,20,26,28-29,31-32H,7,9H2,1-6H3. The second-order valence-electron chi connectivity index (χ2n) is 11.9. The van der Waals surface area contributed by atoms with Gasteiger partial charge in [0.1, 0.15) is 17.3 Å². The van der Waals surface area contributed by atoms with Gasteiger partial charge >= 0.3 is 5.97 Å². The highest BCUT2D eigenvalue weighted by Gasteiger charge is 2.92. The molecule has 1 aliphatic heterocycles. The molecule has 5 rings (SSSR count). The van der Waals surface area contributed by atoms with Crippen molar-refractivity contribution in [2.45, 2.75) is 88.7 Å². The highest BCUT2D eigenvalue weighted by molar-refractivity contribution is 6.05. The lowest BCUT2D eigenvalue weighted by Crippen LogP contribution is -2.68. The van der Waals surface area contributed by atoms with Crippen molar-refractivity contribution >= 4 is 11.8 Å². The number of hydrogen-bond donors (Lipinski definition) is 5. The fourth-order valence-corrected chi connectivity index (χ4v) is 7.96. The number of epoxide rings is 1. The molecular formula is C25H36O9. The molecule has 1 heterocycles. The van der Waals surface area contributed by atoms with E-state index in [-0.39, 0.29) is 5.57 Å². The SMILES string of the molecule is CCC(C)C(=O)OC12C(O)C(C)C3(O)C(C(O)C4(CO)OC4C4(O)C(=O)C(C)=CC43)C1C2(C)C. The van der Waals surface area contributed by atoms with E-state index in [1.807, 2.05) is 20.8 Å². The van der Waals surface area contributed by atoms with Gasteiger partial charge in [0.25, 0.3) is 0 Å². The van der Waals surface area contributed by atoms with Crippen LogP contribution in [0.4, 0.5) is 0 Å². The van der Waals surface area contributed by atoms with Crippen LogP contribution in [-0.2, 0) is 19.1 Å². The number of aliphatic hydroxyl groups excluding tert-OH is 3. The summed E-state index contributed by atoms with van der Waals surface area (Å²) < 4.78 is 11.7. The molecule has 9 nitrogen and oxygen atoms in total. The van der Waals surface area contributed by atoms with E-state index < -0.39 is 94.1 Å². The topological polar surface area (TPSA) is 157 Å². The fourth-order valence-electron chi connectivity index (χ4n) is 7.96. The van der Waals surface area contributed by atoms with Gasteiger partial charge in [-0.2, -0.15) is 0 Å². The predicted molar refractivity (Wildman–Crippen MR) is 117 cm³/mol. The summed E-state index contributed by atoms with van der Waals surface area (Å²) in [4.78, 5) is 26.0. The molecule has 0 bridgehead atoms. The highest BCUT2D eigenvalue weighted by Crippen LogP contribution is 2.78. The lowest BCUT2D eigenvalue weighted by Gasteiger charge is -2.54. The van der Waals surface area contributed by atoms with Crippen molar-refractivity contribution < 1.29 is 44.6 Å². The van der Waals surface area contributed by atoms with Crippen LogP contribution in [0, 0.1) is 35.0 Å². The number of ketones is 1. The first-order chi connectivity index (χ1) is 15.6. The molecular weight excluding hydrogens is 444 g/mol. The summed E-state index contributed by atoms with van der Waals surface area (Å²) >= 11 is 0. The van der Waals surface area contributed by atoms with Crippen molar-refractivity contribution in [3.05, 3.63) is 11.6 Å². The Labute approximate surface area is 198 Å². The molecule has 34 heavy (non-hydrogen) atoms. The Kier molecular flexibility index (Phi) is 4.79. The summed E-state index contributed by atoms with van der Waals surface area (Å²) in [6, 6.07) is 0. The monoisotopic (exact) mass is 480 g/mol. The minimum atomic E-state index is -2.20. The molecule has 0 aromatic rings. The third-order valence-corrected chi connectivity index (χ3v) is 10.3. The van der Waals surface area contributed by atoms with Crippen molar-refractivity contribution in [3.63, 3.8) is 0 Å². The molecule has 3 saturated carbocycles. The van der Waals surface area contributed by atoms with Crippen LogP contribution in [0.1, 0.15) is 48.0 Å². The third-order valence-electron chi connectivity index (χ3n) is 10.3. The molecule has 12 unspecified atom stereocenters. The summed E-state index contributed by atoms with van der Waals surface area (Å²) in [6.07, 6.45) is -1.97. The number of aliphatic hydroxyl groups is 5. The zero-order chi connectivity index (χ0) is 25.4. The highest BCUT2D eigenvalue weighted by atomic mass is 16.6. The Morgan fingerprint density at radius 1 is 1.24 bits per heavy atom. The molecule has 5 N–H and O–H groups in total. The van der Waals surface area contributed by atoms with Gasteiger partial charge in [-0.3, -0.25) is 9.59 Å². The number of carbonyl (C=O) groups is 2. The Morgan fingerprint density at radius 3 is 2.41 bits per heavy atom. The van der Waals surface area contributed by atoms with Gasteiger partial charge in [0.2, 0.25) is 0 Å². The van der Waals surface area contributed by atoms with Crippen LogP contribution >= 0.6 is 0 Å². The van der Waals surface area contributed by atoms with E-state index in [2.05, 4.69) is 0 Å². The Hall–Kier alpha value is -1.36. The van der Waals surface area contributed by atoms with E-state index in [9.17, 15) is 35.1 Å². The zero-order valence-corrected chi connectivity index (χ0v) is 20.5. The lowest BCUT2D eigenvalue weighted by molar-refractivity contribution is -0.245. The Balaban J connectivity index is 1.70. The molecule has 0 spiro atoms. The van der Waals surface area contributed by atoms with Crippen molar-refractivity contribution in [2.75, 3.05) is 6.61 Å². The van der Waals surface area contributed by atoms with Crippen molar-refractivity contribution in [1.82, 2.24) is 0 Å². The van der Waals surface area contributed by atoms with Crippen LogP contribution in [-0.4, -0.2) is 84.6 Å². The summed E-state index contributed by atoms with van der Waals surface area (Å²) in [7, 11) is 0. The van der Waals surface area contributed by atoms with E-state index >= 15 is 0 Å². The van der Waals surface area contributed by atoms with Crippen LogP contribution in [0.3, 0.4) is 0 Å². The molecule has 0 amide bonds. The van der Waals surface area contributed by atoms with Gasteiger partial charge in [-0.25, -0.2) is 0 Å². The van der Waals surface area contributed by atoms with E-state index in [1.165, 1.54) is 13.0 Å². The average molecular weight is 481 g/mol. The maximum atomic E-state index is 13.2. The maximum Gasteiger partial charge on any atom is 0.309 e. The van der Waals surface area contributed by atoms with Gasteiger partial charge in [0.15, 0.2) is 11.4 Å². The summed E-state index contributed by atoms with van der Waals surface area (Å²) in [5.41, 5.74) is -7.76. The first kappa shape index (κ1) is 24.3. The Bertz CT molecular complexity index is 991. The van der Waals surface area contributed by atoms with E-state index in [4.69, 9.17) is 9.47 Å². The molecule has 1 saturated heterocycles. The fraction of sp³-hybridized carbons (Fsp3) is 0.840. The molecule has 12 atom stereocenters. The molecule has 9 heteroatoms. The molecule has 0 aromatic heterocycles. The lowest BCUT2D eigenvalue weighted by atomic mass is 9.58. The molecule has 0 aromatic carbocycles. The third kappa shape index (κ3) is 2.28. The Morgan fingerprint density at radius 2 is 1.85 bits per heavy atom. The van der Waals surface area contributed by atoms with Gasteiger partial charge in [-0.05, 0) is 18.9 Å². The van der Waals surface area contributed by atoms with Crippen molar-refractivity contribution in [3.8, 4) is 0 Å². The number of esters is 1. The zero-order valence-electron chi connectivity index (χ0n) is 20.5. The van der Waals surface area contributed by atoms with E-state index in [0.29, 0.717) is 6.42 Å². The normalized spacial score (nSPS) is 55.1. The minimum Gasteiger partial charge on any atom is -0.455 e. The number of hydrogen-bond acceptors (Lipinski definition) is 9. The van der Waals surface area contributed by atoms with Gasteiger partial charge < -0.3 is 35.0 Å². The van der Waals surface area contributed by atoms with Crippen LogP contribution in [0.15, 0.2) is 11.6 Å². The summed E-state index contributed by atoms with van der Waals surface area (Å²) in [5.74, 6) is -5.45. The average Bonchev–Trinajstić information content (AvgIpc) is 3.63. The minimum absolute atomic E-state index is 0.246. The van der Waals surface area contributed by atoms with Gasteiger partial charge in [-0.15, -0.1) is 0 Å². The number of Topliss-reactive ketones (excluding diaryl/α,β-unsaturated/α-hetero) is 1. The van der Waals surface area contributed by atoms with Crippen molar-refractivity contribution in [2.24, 2.45) is 35.0 Å². The van der Waals surface area contributed by atoms with Crippen LogP contribution in [0.25, 0.3) is 0 Å². The number of carbonyl (C=O) groups excluding carboxylic acids is 2. The van der Waals surface area contributed by atoms with Crippen LogP contribution in [0.5, 0.6) is 0 Å². The maximum absolute atomic E-state index is 13.2. The van der Waals surface area contributed by atoms with E-state index in [0.717, 1.165) is 0 Å². The quantitative estimate of drug-likeness (QED) is 0.269. The summed E-state index contributed by atoms with van der Waals surface area (Å²) in [5, 5.41) is 57.6. The molecule has 0 radical (unpaired) electrons. The van der Waals surface area contributed by atoms with Crippen molar-refractivity contribution in [1.29, 1.82) is 0 Å². The molecule has 4 aliphatic carbocycles. The number of rotatable bonds is 4. The van der Waals surface area contributed by atoms with Crippen LogP contribution in [0.2, 0.25) is 0 Å². The van der Waals surface area contributed by atoms with Gasteiger partial charge in [0, 0.05) is 29.1 Å². The predicted octanol–water partition coefficient (Wildman–Crippen LogP) is -0.291. The van der Waals surface area contributed by atoms with Crippen LogP contribution < -0.4 is 0 Å². The number of fused-ring (bicyclic) bond motifs is 7. The van der Waals surface area contributed by atoms with E-state index in [1.54, 1.807) is 13.8 Å². The molecule has 5 aliphatic rings. The smallest absolute Gasteiger partial charge is 0.309 e. The summed E-state index contributed by atoms with van der Waals surface area (Å²) in [6.45, 7) is 9.67. The second kappa shape index (κ2) is 6.69. The molecule has 190 valence electrons. The largest absolute Gasteiger partial charge is 0.455 e.